The number of rotatable bonds is 2. The molecule has 9 heteroatoms. The van der Waals surface area contributed by atoms with E-state index in [1.54, 1.807) is 12.1 Å². The number of pyridine rings is 1. The quantitative estimate of drug-likeness (QED) is 0.607. The summed E-state index contributed by atoms with van der Waals surface area (Å²) in [6.45, 7) is 0.579. The Morgan fingerprint density at radius 2 is 1.68 bits per heavy atom. The van der Waals surface area contributed by atoms with E-state index in [1.165, 1.54) is 50.7 Å². The van der Waals surface area contributed by atoms with Gasteiger partial charge in [0.15, 0.2) is 0 Å². The van der Waals surface area contributed by atoms with Crippen LogP contribution in [0.15, 0.2) is 48.7 Å². The topological polar surface area (TPSA) is 77.5 Å². The second-order valence-corrected chi connectivity index (χ2v) is 6.63. The van der Waals surface area contributed by atoms with Gasteiger partial charge >= 0.3 is 11.9 Å². The Bertz CT molecular complexity index is 1090. The molecule has 0 aliphatic carbocycles. The number of nitrogens with one attached hydrogen (secondary N) is 1. The Hall–Kier alpha value is -3.04. The smallest absolute Gasteiger partial charge is 0.356 e. The number of halogens is 2. The largest absolute Gasteiger partial charge is 0.468 e. The molecule has 0 saturated carbocycles. The lowest BCUT2D eigenvalue weighted by molar-refractivity contribution is -0.143. The second-order valence-electron chi connectivity index (χ2n) is 6.63. The molecule has 0 saturated heterocycles. The third-order valence-corrected chi connectivity index (χ3v) is 4.70. The number of carbonyl (C=O) groups is 2. The van der Waals surface area contributed by atoms with Crippen LogP contribution in [0.25, 0.3) is 10.8 Å². The van der Waals surface area contributed by atoms with Crippen LogP contribution in [0.4, 0.5) is 8.78 Å². The number of benzene rings is 2. The van der Waals surface area contributed by atoms with E-state index < -0.39 is 5.97 Å². The van der Waals surface area contributed by atoms with Gasteiger partial charge < -0.3 is 14.8 Å². The van der Waals surface area contributed by atoms with Crippen LogP contribution in [0, 0.1) is 11.6 Å². The molecule has 3 aromatic rings. The van der Waals surface area contributed by atoms with Crippen molar-refractivity contribution in [3.8, 4) is 0 Å². The summed E-state index contributed by atoms with van der Waals surface area (Å²) >= 11 is 0. The molecule has 0 radical (unpaired) electrons. The van der Waals surface area contributed by atoms with Crippen LogP contribution in [0.3, 0.4) is 0 Å². The lowest BCUT2D eigenvalue weighted by atomic mass is 9.96. The average molecular weight is 448 g/mol. The van der Waals surface area contributed by atoms with E-state index in [1.807, 2.05) is 0 Å². The van der Waals surface area contributed by atoms with Gasteiger partial charge in [0.25, 0.3) is 0 Å². The third-order valence-electron chi connectivity index (χ3n) is 4.70. The van der Waals surface area contributed by atoms with Crippen molar-refractivity contribution in [2.75, 3.05) is 14.2 Å². The summed E-state index contributed by atoms with van der Waals surface area (Å²) in [5.41, 5.74) is 2.09. The van der Waals surface area contributed by atoms with Crippen LogP contribution < -0.4 is 5.32 Å². The summed E-state index contributed by atoms with van der Waals surface area (Å²) < 4.78 is 35.0. The SMILES string of the molecule is COC(=O)C1Cc2cc(F)ccc2CN1.COC(=O)c1cc2cc(F)ccc2cn1.S. The van der Waals surface area contributed by atoms with E-state index in [0.29, 0.717) is 18.4 Å². The first-order valence-corrected chi connectivity index (χ1v) is 9.13. The third kappa shape index (κ3) is 5.99. The molecule has 1 aliphatic rings. The van der Waals surface area contributed by atoms with Crippen molar-refractivity contribution >= 4 is 36.2 Å². The maximum absolute atomic E-state index is 13.0. The van der Waals surface area contributed by atoms with E-state index >= 15 is 0 Å². The highest BCUT2D eigenvalue weighted by atomic mass is 32.1. The first-order chi connectivity index (χ1) is 14.4. The fourth-order valence-electron chi connectivity index (χ4n) is 3.12. The molecule has 1 aromatic heterocycles. The van der Waals surface area contributed by atoms with Crippen molar-refractivity contribution < 1.29 is 27.8 Å². The number of methoxy groups -OCH3 is 2. The van der Waals surface area contributed by atoms with Crippen LogP contribution in [0.1, 0.15) is 21.6 Å². The summed E-state index contributed by atoms with van der Waals surface area (Å²) in [7, 11) is 2.63. The van der Waals surface area contributed by atoms with Crippen LogP contribution in [-0.2, 0) is 27.2 Å². The number of hydrogen-bond acceptors (Lipinski definition) is 6. The molecule has 164 valence electrons. The van der Waals surface area contributed by atoms with Gasteiger partial charge in [-0.25, -0.2) is 18.6 Å². The highest BCUT2D eigenvalue weighted by Crippen LogP contribution is 2.18. The number of esters is 2. The fourth-order valence-corrected chi connectivity index (χ4v) is 3.12. The van der Waals surface area contributed by atoms with Gasteiger partial charge in [0.05, 0.1) is 14.2 Å². The van der Waals surface area contributed by atoms with E-state index in [-0.39, 0.29) is 42.8 Å². The fraction of sp³-hybridized carbons (Fsp3) is 0.227. The molecule has 1 unspecified atom stereocenters. The van der Waals surface area contributed by atoms with Gasteiger partial charge in [-0.3, -0.25) is 4.79 Å². The molecule has 6 nitrogen and oxygen atoms in total. The summed E-state index contributed by atoms with van der Waals surface area (Å²) in [5, 5.41) is 4.46. The standard InChI is InChI=1S/C11H12FNO2.C11H8FNO2.H2S/c2*1-15-11(14)10-5-8-4-9(12)3-2-7(8)6-13-10;/h2-4,10,13H,5-6H2,1H3;2-6H,1H3;1H2. The zero-order valence-electron chi connectivity index (χ0n) is 16.9. The average Bonchev–Trinajstić information content (AvgIpc) is 2.77. The number of carbonyl (C=O) groups excluding carboxylic acids is 2. The summed E-state index contributed by atoms with van der Waals surface area (Å²) in [4.78, 5) is 26.4. The number of nitrogens with zero attached hydrogens (tertiary/aromatic N) is 1. The lowest BCUT2D eigenvalue weighted by Gasteiger charge is -2.24. The second kappa shape index (κ2) is 10.8. The normalized spacial score (nSPS) is 14.4. The monoisotopic (exact) mass is 448 g/mol. The van der Waals surface area contributed by atoms with Gasteiger partial charge in [0.1, 0.15) is 23.4 Å². The molecule has 0 spiro atoms. The van der Waals surface area contributed by atoms with Crippen molar-refractivity contribution in [3.63, 3.8) is 0 Å². The Labute approximate surface area is 185 Å². The van der Waals surface area contributed by atoms with E-state index in [4.69, 9.17) is 0 Å². The number of fused-ring (bicyclic) bond motifs is 2. The minimum absolute atomic E-state index is 0. The Balaban J connectivity index is 0.000000213. The van der Waals surface area contributed by atoms with Crippen molar-refractivity contribution in [1.82, 2.24) is 10.3 Å². The predicted molar refractivity (Wildman–Crippen MR) is 116 cm³/mol. The molecule has 0 amide bonds. The molecular formula is C22H22F2N2O4S. The van der Waals surface area contributed by atoms with Crippen LogP contribution in [0.5, 0.6) is 0 Å². The van der Waals surface area contributed by atoms with Gasteiger partial charge in [-0.15, -0.1) is 0 Å². The Kier molecular flexibility index (Phi) is 8.47. The highest BCUT2D eigenvalue weighted by Gasteiger charge is 2.24. The predicted octanol–water partition coefficient (Wildman–Crippen LogP) is 3.29. The first-order valence-electron chi connectivity index (χ1n) is 9.13. The molecule has 31 heavy (non-hydrogen) atoms. The maximum Gasteiger partial charge on any atom is 0.356 e. The van der Waals surface area contributed by atoms with Gasteiger partial charge in [-0.05, 0) is 59.3 Å². The molecule has 0 fully saturated rings. The minimum Gasteiger partial charge on any atom is -0.468 e. The Morgan fingerprint density at radius 1 is 0.968 bits per heavy atom. The minimum atomic E-state index is -0.527. The maximum atomic E-state index is 13.0. The van der Waals surface area contributed by atoms with Gasteiger partial charge in [0, 0.05) is 18.1 Å². The molecular weight excluding hydrogens is 426 g/mol. The zero-order chi connectivity index (χ0) is 21.7. The Morgan fingerprint density at radius 3 is 2.39 bits per heavy atom. The van der Waals surface area contributed by atoms with Crippen molar-refractivity contribution in [3.05, 3.63) is 77.1 Å². The van der Waals surface area contributed by atoms with Crippen LogP contribution in [-0.4, -0.2) is 37.2 Å². The molecule has 2 aromatic carbocycles. The van der Waals surface area contributed by atoms with Crippen molar-refractivity contribution in [1.29, 1.82) is 0 Å². The molecule has 4 rings (SSSR count). The highest BCUT2D eigenvalue weighted by molar-refractivity contribution is 7.59. The van der Waals surface area contributed by atoms with E-state index in [0.717, 1.165) is 16.5 Å². The van der Waals surface area contributed by atoms with E-state index in [9.17, 15) is 18.4 Å². The summed E-state index contributed by atoms with van der Waals surface area (Å²) in [6, 6.07) is 10.1. The number of hydrogen-bond donors (Lipinski definition) is 1. The summed E-state index contributed by atoms with van der Waals surface area (Å²) in [6.07, 6.45) is 2.00. The van der Waals surface area contributed by atoms with Gasteiger partial charge in [-0.1, -0.05) is 6.07 Å². The lowest BCUT2D eigenvalue weighted by Crippen LogP contribution is -2.42. The molecule has 2 heterocycles. The van der Waals surface area contributed by atoms with Gasteiger partial charge in [-0.2, -0.15) is 13.5 Å². The molecule has 1 aliphatic heterocycles. The van der Waals surface area contributed by atoms with Crippen LogP contribution >= 0.6 is 13.5 Å². The van der Waals surface area contributed by atoms with Crippen molar-refractivity contribution in [2.24, 2.45) is 0 Å². The van der Waals surface area contributed by atoms with Crippen LogP contribution in [0.2, 0.25) is 0 Å². The van der Waals surface area contributed by atoms with Crippen molar-refractivity contribution in [2.45, 2.75) is 19.0 Å². The molecule has 1 N–H and O–H groups in total. The zero-order valence-corrected chi connectivity index (χ0v) is 17.9. The first kappa shape index (κ1) is 24.2. The van der Waals surface area contributed by atoms with Gasteiger partial charge in [0.2, 0.25) is 0 Å². The molecule has 1 atom stereocenters. The van der Waals surface area contributed by atoms with E-state index in [2.05, 4.69) is 19.8 Å². The summed E-state index contributed by atoms with van der Waals surface area (Å²) in [5.74, 6) is -1.44. The molecule has 0 bridgehead atoms. The number of aromatic nitrogens is 1. The number of ether oxygens (including phenoxy) is 2.